The van der Waals surface area contributed by atoms with Crippen molar-refractivity contribution in [3.8, 4) is 0 Å². The molecule has 1 aromatic rings. The normalized spacial score (nSPS) is 22.2. The summed E-state index contributed by atoms with van der Waals surface area (Å²) in [6, 6.07) is 7.41. The number of hydrogen-bond donors (Lipinski definition) is 3. The van der Waals surface area contributed by atoms with Crippen molar-refractivity contribution >= 4 is 17.3 Å². The average Bonchev–Trinajstić information content (AvgIpc) is 2.38. The predicted octanol–water partition coefficient (Wildman–Crippen LogP) is 1.57. The van der Waals surface area contributed by atoms with Gasteiger partial charge in [0.25, 0.3) is 0 Å². The Morgan fingerprint density at radius 3 is 2.79 bits per heavy atom. The van der Waals surface area contributed by atoms with E-state index in [1.54, 1.807) is 0 Å². The Kier molecular flexibility index (Phi) is 5.45. The number of aliphatic hydroxyl groups excluding tert-OH is 2. The number of likely N-dealkylation sites (tertiary alicyclic amines) is 1. The molecule has 0 aliphatic carbocycles. The van der Waals surface area contributed by atoms with Crippen molar-refractivity contribution in [1.29, 1.82) is 0 Å². The molecule has 0 unspecified atom stereocenters. The summed E-state index contributed by atoms with van der Waals surface area (Å²) >= 11 is 5.81. The van der Waals surface area contributed by atoms with Gasteiger partial charge in [0.15, 0.2) is 0 Å². The van der Waals surface area contributed by atoms with E-state index in [0.29, 0.717) is 24.7 Å². The molecular weight excluding hydrogens is 264 g/mol. The maximum Gasteiger partial charge on any atom is 0.0839 e. The van der Waals surface area contributed by atoms with Gasteiger partial charge in [-0.3, -0.25) is 4.90 Å². The lowest BCUT2D eigenvalue weighted by Gasteiger charge is -2.31. The Bertz CT molecular complexity index is 386. The molecule has 1 heterocycles. The lowest BCUT2D eigenvalue weighted by Crippen LogP contribution is -2.43. The molecule has 0 bridgehead atoms. The summed E-state index contributed by atoms with van der Waals surface area (Å²) in [5, 5.41) is 23.4. The van der Waals surface area contributed by atoms with Gasteiger partial charge in [0.05, 0.1) is 12.2 Å². The van der Waals surface area contributed by atoms with Crippen LogP contribution in [0.3, 0.4) is 0 Å². The SMILES string of the molecule is O[C@H](CNc1ccc(Cl)cc1)CN1CCC[C@H](O)C1. The summed E-state index contributed by atoms with van der Waals surface area (Å²) in [5.74, 6) is 0. The molecule has 0 amide bonds. The third-order valence-corrected chi connectivity index (χ3v) is 3.59. The molecule has 2 atom stereocenters. The van der Waals surface area contributed by atoms with Crippen molar-refractivity contribution in [1.82, 2.24) is 4.90 Å². The molecule has 1 saturated heterocycles. The standard InChI is InChI=1S/C14H21ClN2O2/c15-11-3-5-12(6-4-11)16-8-14(19)10-17-7-1-2-13(18)9-17/h3-6,13-14,16,18-19H,1-2,7-10H2/t13-,14+/m0/s1. The largest absolute Gasteiger partial charge is 0.392 e. The van der Waals surface area contributed by atoms with E-state index < -0.39 is 6.10 Å². The van der Waals surface area contributed by atoms with E-state index in [4.69, 9.17) is 11.6 Å². The Morgan fingerprint density at radius 2 is 2.11 bits per heavy atom. The minimum Gasteiger partial charge on any atom is -0.392 e. The highest BCUT2D eigenvalue weighted by Crippen LogP contribution is 2.14. The topological polar surface area (TPSA) is 55.7 Å². The second kappa shape index (κ2) is 7.10. The third kappa shape index (κ3) is 4.99. The third-order valence-electron chi connectivity index (χ3n) is 3.34. The highest BCUT2D eigenvalue weighted by molar-refractivity contribution is 6.30. The summed E-state index contributed by atoms with van der Waals surface area (Å²) in [4.78, 5) is 2.11. The zero-order chi connectivity index (χ0) is 13.7. The van der Waals surface area contributed by atoms with Crippen LogP contribution in [0.1, 0.15) is 12.8 Å². The molecule has 1 aliphatic rings. The van der Waals surface area contributed by atoms with Crippen LogP contribution in [0, 0.1) is 0 Å². The zero-order valence-electron chi connectivity index (χ0n) is 10.9. The monoisotopic (exact) mass is 284 g/mol. The van der Waals surface area contributed by atoms with Gasteiger partial charge in [-0.15, -0.1) is 0 Å². The number of halogens is 1. The first kappa shape index (κ1) is 14.6. The predicted molar refractivity (Wildman–Crippen MR) is 77.6 cm³/mol. The number of aliphatic hydroxyl groups is 2. The van der Waals surface area contributed by atoms with Gasteiger partial charge in [-0.2, -0.15) is 0 Å². The van der Waals surface area contributed by atoms with Crippen LogP contribution < -0.4 is 5.32 Å². The quantitative estimate of drug-likeness (QED) is 0.768. The van der Waals surface area contributed by atoms with Crippen LogP contribution in [0.4, 0.5) is 5.69 Å². The minimum absolute atomic E-state index is 0.245. The van der Waals surface area contributed by atoms with Gasteiger partial charge in [0, 0.05) is 30.3 Å². The van der Waals surface area contributed by atoms with E-state index >= 15 is 0 Å². The fourth-order valence-corrected chi connectivity index (χ4v) is 2.49. The van der Waals surface area contributed by atoms with Gasteiger partial charge < -0.3 is 15.5 Å². The Labute approximate surface area is 119 Å². The van der Waals surface area contributed by atoms with E-state index in [9.17, 15) is 10.2 Å². The first-order valence-corrected chi connectivity index (χ1v) is 7.09. The van der Waals surface area contributed by atoms with E-state index in [1.165, 1.54) is 0 Å². The van der Waals surface area contributed by atoms with E-state index in [1.807, 2.05) is 24.3 Å². The summed E-state index contributed by atoms with van der Waals surface area (Å²) in [6.45, 7) is 2.71. The molecule has 4 nitrogen and oxygen atoms in total. The zero-order valence-corrected chi connectivity index (χ0v) is 11.7. The average molecular weight is 285 g/mol. The van der Waals surface area contributed by atoms with Crippen LogP contribution in [0.25, 0.3) is 0 Å². The number of hydrogen-bond acceptors (Lipinski definition) is 4. The molecule has 0 saturated carbocycles. The first-order valence-electron chi connectivity index (χ1n) is 6.71. The lowest BCUT2D eigenvalue weighted by atomic mass is 10.1. The molecule has 0 radical (unpaired) electrons. The van der Waals surface area contributed by atoms with E-state index in [2.05, 4.69) is 10.2 Å². The molecular formula is C14H21ClN2O2. The van der Waals surface area contributed by atoms with Crippen molar-refractivity contribution in [2.24, 2.45) is 0 Å². The maximum atomic E-state index is 9.99. The van der Waals surface area contributed by atoms with Crippen molar-refractivity contribution < 1.29 is 10.2 Å². The number of piperidine rings is 1. The van der Waals surface area contributed by atoms with Gasteiger partial charge >= 0.3 is 0 Å². The highest BCUT2D eigenvalue weighted by atomic mass is 35.5. The Morgan fingerprint density at radius 1 is 1.37 bits per heavy atom. The van der Waals surface area contributed by atoms with Crippen LogP contribution in [-0.2, 0) is 0 Å². The van der Waals surface area contributed by atoms with Crippen molar-refractivity contribution in [3.63, 3.8) is 0 Å². The number of anilines is 1. The summed E-state index contributed by atoms with van der Waals surface area (Å²) in [7, 11) is 0. The van der Waals surface area contributed by atoms with Gasteiger partial charge in [-0.1, -0.05) is 11.6 Å². The number of rotatable bonds is 5. The molecule has 106 valence electrons. The van der Waals surface area contributed by atoms with Gasteiger partial charge in [-0.05, 0) is 43.7 Å². The van der Waals surface area contributed by atoms with Crippen LogP contribution >= 0.6 is 11.6 Å². The van der Waals surface area contributed by atoms with E-state index in [-0.39, 0.29) is 6.10 Å². The smallest absolute Gasteiger partial charge is 0.0839 e. The van der Waals surface area contributed by atoms with Crippen LogP contribution in [-0.4, -0.2) is 53.5 Å². The van der Waals surface area contributed by atoms with Gasteiger partial charge in [0.1, 0.15) is 0 Å². The number of nitrogens with one attached hydrogen (secondary N) is 1. The summed E-state index contributed by atoms with van der Waals surface area (Å²) in [5.41, 5.74) is 0.946. The highest BCUT2D eigenvalue weighted by Gasteiger charge is 2.19. The van der Waals surface area contributed by atoms with Crippen LogP contribution in [0.2, 0.25) is 5.02 Å². The Balaban J connectivity index is 1.72. The van der Waals surface area contributed by atoms with Crippen LogP contribution in [0.5, 0.6) is 0 Å². The summed E-state index contributed by atoms with van der Waals surface area (Å²) < 4.78 is 0. The molecule has 2 rings (SSSR count). The molecule has 3 N–H and O–H groups in total. The van der Waals surface area contributed by atoms with Crippen molar-refractivity contribution in [3.05, 3.63) is 29.3 Å². The number of nitrogens with zero attached hydrogens (tertiary/aromatic N) is 1. The van der Waals surface area contributed by atoms with Gasteiger partial charge in [-0.25, -0.2) is 0 Å². The first-order chi connectivity index (χ1) is 9.13. The maximum absolute atomic E-state index is 9.99. The van der Waals surface area contributed by atoms with Crippen molar-refractivity contribution in [2.75, 3.05) is 31.5 Å². The molecule has 19 heavy (non-hydrogen) atoms. The molecule has 1 aliphatic heterocycles. The second-order valence-corrected chi connectivity index (χ2v) is 5.53. The number of β-amino-alcohol motifs (C(OH)–C–C–N with tert-alkyl or cyclic N) is 2. The molecule has 1 aromatic carbocycles. The number of benzene rings is 1. The van der Waals surface area contributed by atoms with Crippen LogP contribution in [0.15, 0.2) is 24.3 Å². The second-order valence-electron chi connectivity index (χ2n) is 5.10. The lowest BCUT2D eigenvalue weighted by molar-refractivity contribution is 0.0428. The fraction of sp³-hybridized carbons (Fsp3) is 0.571. The molecule has 0 spiro atoms. The van der Waals surface area contributed by atoms with Crippen molar-refractivity contribution in [2.45, 2.75) is 25.0 Å². The fourth-order valence-electron chi connectivity index (χ4n) is 2.36. The van der Waals surface area contributed by atoms with E-state index in [0.717, 1.165) is 25.1 Å². The van der Waals surface area contributed by atoms with Gasteiger partial charge in [0.2, 0.25) is 0 Å². The molecule has 5 heteroatoms. The molecule has 0 aromatic heterocycles. The Hall–Kier alpha value is -0.810. The minimum atomic E-state index is -0.444. The molecule has 1 fully saturated rings. The summed E-state index contributed by atoms with van der Waals surface area (Å²) in [6.07, 6.45) is 1.18.